The van der Waals surface area contributed by atoms with Gasteiger partial charge in [-0.25, -0.2) is 5.43 Å². The van der Waals surface area contributed by atoms with E-state index in [4.69, 9.17) is 9.47 Å². The van der Waals surface area contributed by atoms with Gasteiger partial charge in [-0.3, -0.25) is 9.59 Å². The van der Waals surface area contributed by atoms with E-state index >= 15 is 0 Å². The molecule has 0 saturated carbocycles. The van der Waals surface area contributed by atoms with E-state index in [-0.39, 0.29) is 0 Å². The van der Waals surface area contributed by atoms with Gasteiger partial charge in [-0.2, -0.15) is 5.10 Å². The topological polar surface area (TPSA) is 129 Å². The minimum absolute atomic E-state index is 0.343. The summed E-state index contributed by atoms with van der Waals surface area (Å²) in [4.78, 5) is 34.0. The van der Waals surface area contributed by atoms with E-state index in [9.17, 15) is 19.5 Å². The van der Waals surface area contributed by atoms with Gasteiger partial charge in [0.1, 0.15) is 24.7 Å². The summed E-state index contributed by atoms with van der Waals surface area (Å²) in [6, 6.07) is 12.7. The summed E-state index contributed by atoms with van der Waals surface area (Å²) in [5.41, 5.74) is 3.13. The minimum atomic E-state index is -1.33. The highest BCUT2D eigenvalue weighted by molar-refractivity contribution is 6.39. The van der Waals surface area contributed by atoms with E-state index in [2.05, 4.69) is 22.4 Å². The molecule has 0 fully saturated rings. The van der Waals surface area contributed by atoms with Crippen molar-refractivity contribution in [2.24, 2.45) is 5.10 Å². The number of carbonyl (C=O) groups is 3. The first-order chi connectivity index (χ1) is 14.0. The quantitative estimate of drug-likeness (QED) is 0.274. The van der Waals surface area contributed by atoms with Crippen molar-refractivity contribution in [3.05, 3.63) is 66.7 Å². The average Bonchev–Trinajstić information content (AvgIpc) is 2.72. The molecule has 0 atom stereocenters. The molecule has 0 heterocycles. The SMILES string of the molecule is C=CCOc1ccc(NC(=O)C(=O)N/N=C\c2ccc(OCC(=O)[O-])cc2)cc1. The number of carboxylic acid groups (broad SMARTS) is 1. The Morgan fingerprint density at radius 2 is 1.59 bits per heavy atom. The first kappa shape index (κ1) is 21.2. The maximum absolute atomic E-state index is 11.9. The summed E-state index contributed by atoms with van der Waals surface area (Å²) in [5.74, 6) is -2.20. The molecule has 0 spiro atoms. The van der Waals surface area contributed by atoms with Crippen molar-refractivity contribution in [2.45, 2.75) is 0 Å². The van der Waals surface area contributed by atoms with Crippen molar-refractivity contribution in [1.82, 2.24) is 5.43 Å². The highest BCUT2D eigenvalue weighted by Gasteiger charge is 2.12. The van der Waals surface area contributed by atoms with Crippen molar-refractivity contribution < 1.29 is 29.0 Å². The molecular weight excluding hydrogens is 378 g/mol. The van der Waals surface area contributed by atoms with Gasteiger partial charge >= 0.3 is 11.8 Å². The van der Waals surface area contributed by atoms with Crippen LogP contribution in [0.3, 0.4) is 0 Å². The summed E-state index contributed by atoms with van der Waals surface area (Å²) in [5, 5.41) is 16.5. The van der Waals surface area contributed by atoms with Crippen LogP contribution in [0.2, 0.25) is 0 Å². The number of carbonyl (C=O) groups excluding carboxylic acids is 3. The van der Waals surface area contributed by atoms with E-state index in [1.807, 2.05) is 0 Å². The molecular formula is C20H18N3O6-. The molecule has 2 aromatic carbocycles. The van der Waals surface area contributed by atoms with Crippen LogP contribution < -0.4 is 25.3 Å². The number of aliphatic carboxylic acids is 1. The maximum Gasteiger partial charge on any atom is 0.329 e. The van der Waals surface area contributed by atoms with E-state index < -0.39 is 24.4 Å². The molecule has 0 saturated heterocycles. The molecule has 2 aromatic rings. The number of hydrogen-bond acceptors (Lipinski definition) is 7. The number of benzene rings is 2. The lowest BCUT2D eigenvalue weighted by atomic mass is 10.2. The molecule has 2 amide bonds. The summed E-state index contributed by atoms with van der Waals surface area (Å²) < 4.78 is 10.3. The third-order valence-electron chi connectivity index (χ3n) is 3.30. The zero-order valence-corrected chi connectivity index (χ0v) is 15.3. The Labute approximate surface area is 166 Å². The fourth-order valence-corrected chi connectivity index (χ4v) is 1.99. The summed E-state index contributed by atoms with van der Waals surface area (Å²) in [6.45, 7) is 3.36. The van der Waals surface area contributed by atoms with E-state index in [1.54, 1.807) is 42.5 Å². The van der Waals surface area contributed by atoms with Crippen molar-refractivity contribution in [3.8, 4) is 11.5 Å². The summed E-state index contributed by atoms with van der Waals surface area (Å²) in [6.07, 6.45) is 2.93. The monoisotopic (exact) mass is 396 g/mol. The number of rotatable bonds is 9. The van der Waals surface area contributed by atoms with Crippen LogP contribution in [0.15, 0.2) is 66.3 Å². The normalized spacial score (nSPS) is 10.2. The number of anilines is 1. The van der Waals surface area contributed by atoms with Crippen LogP contribution >= 0.6 is 0 Å². The van der Waals surface area contributed by atoms with Gasteiger partial charge in [-0.05, 0) is 54.1 Å². The highest BCUT2D eigenvalue weighted by atomic mass is 16.5. The van der Waals surface area contributed by atoms with Gasteiger partial charge in [0.05, 0.1) is 12.2 Å². The predicted molar refractivity (Wildman–Crippen MR) is 103 cm³/mol. The molecule has 150 valence electrons. The lowest BCUT2D eigenvalue weighted by Crippen LogP contribution is -2.32. The van der Waals surface area contributed by atoms with Crippen LogP contribution in [0.25, 0.3) is 0 Å². The first-order valence-corrected chi connectivity index (χ1v) is 8.39. The van der Waals surface area contributed by atoms with Gasteiger partial charge in [0.15, 0.2) is 0 Å². The maximum atomic E-state index is 11.9. The van der Waals surface area contributed by atoms with Crippen molar-refractivity contribution >= 4 is 29.7 Å². The molecule has 0 aromatic heterocycles. The second-order valence-corrected chi connectivity index (χ2v) is 5.51. The van der Waals surface area contributed by atoms with Gasteiger partial charge in [-0.15, -0.1) is 0 Å². The van der Waals surface area contributed by atoms with Crippen molar-refractivity contribution in [1.29, 1.82) is 0 Å². The van der Waals surface area contributed by atoms with Crippen LogP contribution in [-0.4, -0.2) is 37.2 Å². The number of nitrogens with one attached hydrogen (secondary N) is 2. The lowest BCUT2D eigenvalue weighted by Gasteiger charge is -2.07. The zero-order valence-electron chi connectivity index (χ0n) is 15.3. The lowest BCUT2D eigenvalue weighted by molar-refractivity contribution is -0.307. The average molecular weight is 396 g/mol. The molecule has 0 aliphatic rings. The van der Waals surface area contributed by atoms with Crippen molar-refractivity contribution in [2.75, 3.05) is 18.5 Å². The third kappa shape index (κ3) is 7.55. The Bertz CT molecular complexity index is 891. The molecule has 29 heavy (non-hydrogen) atoms. The van der Waals surface area contributed by atoms with Gasteiger partial charge in [0, 0.05) is 5.69 Å². The fourth-order valence-electron chi connectivity index (χ4n) is 1.99. The van der Waals surface area contributed by atoms with Crippen LogP contribution in [0.4, 0.5) is 5.69 Å². The summed E-state index contributed by atoms with van der Waals surface area (Å²) >= 11 is 0. The summed E-state index contributed by atoms with van der Waals surface area (Å²) in [7, 11) is 0. The van der Waals surface area contributed by atoms with E-state index in [0.717, 1.165) is 0 Å². The number of ether oxygens (including phenoxy) is 2. The number of carboxylic acids is 1. The fraction of sp³-hybridized carbons (Fsp3) is 0.100. The Morgan fingerprint density at radius 1 is 0.966 bits per heavy atom. The second-order valence-electron chi connectivity index (χ2n) is 5.51. The molecule has 2 rings (SSSR count). The van der Waals surface area contributed by atoms with Crippen LogP contribution in [0.1, 0.15) is 5.56 Å². The Hall–Kier alpha value is -4.14. The Balaban J connectivity index is 1.81. The molecule has 0 radical (unpaired) electrons. The molecule has 0 bridgehead atoms. The van der Waals surface area contributed by atoms with Crippen molar-refractivity contribution in [3.63, 3.8) is 0 Å². The number of hydrazone groups is 1. The van der Waals surface area contributed by atoms with Crippen LogP contribution in [0.5, 0.6) is 11.5 Å². The van der Waals surface area contributed by atoms with Gasteiger partial charge in [-0.1, -0.05) is 12.7 Å². The minimum Gasteiger partial charge on any atom is -0.546 e. The Kier molecular flexibility index (Phi) is 7.94. The van der Waals surface area contributed by atoms with Crippen LogP contribution in [0, 0.1) is 0 Å². The smallest absolute Gasteiger partial charge is 0.329 e. The van der Waals surface area contributed by atoms with Gasteiger partial charge < -0.3 is 24.7 Å². The van der Waals surface area contributed by atoms with Gasteiger partial charge in [0.25, 0.3) is 0 Å². The molecule has 9 nitrogen and oxygen atoms in total. The molecule has 0 aliphatic carbocycles. The predicted octanol–water partition coefficient (Wildman–Crippen LogP) is 0.469. The number of amides is 2. The van der Waals surface area contributed by atoms with Gasteiger partial charge in [0.2, 0.25) is 0 Å². The van der Waals surface area contributed by atoms with E-state index in [1.165, 1.54) is 18.3 Å². The zero-order chi connectivity index (χ0) is 21.1. The number of nitrogens with zero attached hydrogens (tertiary/aromatic N) is 1. The first-order valence-electron chi connectivity index (χ1n) is 8.39. The molecule has 9 heteroatoms. The molecule has 0 unspecified atom stereocenters. The molecule has 0 aliphatic heterocycles. The number of hydrogen-bond donors (Lipinski definition) is 2. The third-order valence-corrected chi connectivity index (χ3v) is 3.30. The Morgan fingerprint density at radius 3 is 2.21 bits per heavy atom. The van der Waals surface area contributed by atoms with Crippen LogP contribution in [-0.2, 0) is 14.4 Å². The molecule has 2 N–H and O–H groups in total. The van der Waals surface area contributed by atoms with E-state index in [0.29, 0.717) is 29.4 Å². The second kappa shape index (κ2) is 10.9. The highest BCUT2D eigenvalue weighted by Crippen LogP contribution is 2.15. The largest absolute Gasteiger partial charge is 0.546 e. The standard InChI is InChI=1S/C20H19N3O6/c1-2-11-28-16-9-5-15(6-10-16)22-19(26)20(27)23-21-12-14-3-7-17(8-4-14)29-13-18(24)25/h2-10,12H,1,11,13H2,(H,22,26)(H,23,27)(H,24,25)/p-1/b21-12-.